The maximum atomic E-state index is 12.6. The van der Waals surface area contributed by atoms with E-state index in [4.69, 9.17) is 0 Å². The molecule has 0 bridgehead atoms. The van der Waals surface area contributed by atoms with Crippen LogP contribution in [-0.2, 0) is 21.1 Å². The van der Waals surface area contributed by atoms with Crippen LogP contribution in [-0.4, -0.2) is 34.2 Å². The third-order valence-corrected chi connectivity index (χ3v) is 5.70. The first-order chi connectivity index (χ1) is 12.8. The number of hydrogen-bond acceptors (Lipinski definition) is 4. The van der Waals surface area contributed by atoms with Crippen LogP contribution in [0, 0.1) is 5.92 Å². The Morgan fingerprint density at radius 2 is 1.74 bits per heavy atom. The lowest BCUT2D eigenvalue weighted by Crippen LogP contribution is -2.37. The van der Waals surface area contributed by atoms with Gasteiger partial charge in [0.2, 0.25) is 5.91 Å². The smallest absolute Gasteiger partial charge is 0.224 e. The highest BCUT2D eigenvalue weighted by Gasteiger charge is 2.21. The Bertz CT molecular complexity index is 877. The first kappa shape index (κ1) is 21.1. The van der Waals surface area contributed by atoms with Crippen LogP contribution in [0.25, 0.3) is 0 Å². The van der Waals surface area contributed by atoms with Crippen molar-refractivity contribution in [2.45, 2.75) is 31.2 Å². The number of carbonyl (C=O) groups excluding carboxylic acids is 1. The van der Waals surface area contributed by atoms with E-state index in [2.05, 4.69) is 17.6 Å². The fourth-order valence-corrected chi connectivity index (χ4v) is 3.59. The minimum atomic E-state index is -3.33. The summed E-state index contributed by atoms with van der Waals surface area (Å²) < 4.78 is 23.9. The van der Waals surface area contributed by atoms with Crippen molar-refractivity contribution < 1.29 is 13.2 Å². The van der Waals surface area contributed by atoms with Gasteiger partial charge in [0.1, 0.15) is 0 Å². The highest BCUT2D eigenvalue weighted by atomic mass is 32.2. The van der Waals surface area contributed by atoms with Gasteiger partial charge in [0.25, 0.3) is 0 Å². The van der Waals surface area contributed by atoms with E-state index < -0.39 is 15.9 Å². The zero-order valence-corrected chi connectivity index (χ0v) is 17.1. The van der Waals surface area contributed by atoms with Gasteiger partial charge >= 0.3 is 0 Å². The average Bonchev–Trinajstić information content (AvgIpc) is 2.65. The Balaban J connectivity index is 2.44. The van der Waals surface area contributed by atoms with Crippen LogP contribution < -0.4 is 10.6 Å². The molecule has 0 aliphatic rings. The van der Waals surface area contributed by atoms with Gasteiger partial charge in [0, 0.05) is 18.7 Å². The predicted octanol–water partition coefficient (Wildman–Crippen LogP) is 2.71. The van der Waals surface area contributed by atoms with E-state index in [0.29, 0.717) is 6.54 Å². The third-order valence-electron chi connectivity index (χ3n) is 4.59. The molecule has 2 atom stereocenters. The van der Waals surface area contributed by atoms with Crippen molar-refractivity contribution >= 4 is 15.7 Å². The number of nitrogens with one attached hydrogen (secondary N) is 2. The highest BCUT2D eigenvalue weighted by Crippen LogP contribution is 2.25. The molecule has 2 N–H and O–H groups in total. The molecule has 0 saturated heterocycles. The van der Waals surface area contributed by atoms with Gasteiger partial charge in [-0.05, 0) is 42.3 Å². The molecule has 0 radical (unpaired) electrons. The molecule has 2 aromatic rings. The Morgan fingerprint density at radius 1 is 1.07 bits per heavy atom. The minimum absolute atomic E-state index is 0.0846. The molecule has 0 aromatic heterocycles. The SMILES string of the molecule is CCc1ccc(C(NC(=O)C(C)CNC)c2cccc(S(C)(=O)=O)c2)cc1. The predicted molar refractivity (Wildman–Crippen MR) is 108 cm³/mol. The van der Waals surface area contributed by atoms with E-state index >= 15 is 0 Å². The number of amides is 1. The fourth-order valence-electron chi connectivity index (χ4n) is 2.91. The van der Waals surface area contributed by atoms with Gasteiger partial charge in [0.15, 0.2) is 9.84 Å². The van der Waals surface area contributed by atoms with Gasteiger partial charge in [-0.1, -0.05) is 50.2 Å². The fraction of sp³-hybridized carbons (Fsp3) is 0.381. The second-order valence-electron chi connectivity index (χ2n) is 6.84. The standard InChI is InChI=1S/C21H28N2O3S/c1-5-16-9-11-17(12-10-16)20(23-21(24)15(2)14-22-3)18-7-6-8-19(13-18)27(4,25)26/h6-13,15,20,22H,5,14H2,1-4H3,(H,23,24). The molecule has 0 heterocycles. The topological polar surface area (TPSA) is 75.3 Å². The highest BCUT2D eigenvalue weighted by molar-refractivity contribution is 7.90. The lowest BCUT2D eigenvalue weighted by Gasteiger charge is -2.23. The molecule has 5 nitrogen and oxygen atoms in total. The van der Waals surface area contributed by atoms with Crippen LogP contribution in [0.5, 0.6) is 0 Å². The van der Waals surface area contributed by atoms with Crippen molar-refractivity contribution in [1.82, 2.24) is 10.6 Å². The van der Waals surface area contributed by atoms with Gasteiger partial charge in [-0.2, -0.15) is 0 Å². The zero-order valence-electron chi connectivity index (χ0n) is 16.3. The van der Waals surface area contributed by atoms with E-state index in [9.17, 15) is 13.2 Å². The maximum Gasteiger partial charge on any atom is 0.224 e. The number of sulfone groups is 1. The molecule has 27 heavy (non-hydrogen) atoms. The summed E-state index contributed by atoms with van der Waals surface area (Å²) in [4.78, 5) is 12.9. The molecule has 0 fully saturated rings. The normalized spacial score (nSPS) is 13.8. The van der Waals surface area contributed by atoms with Gasteiger partial charge < -0.3 is 10.6 Å². The molecule has 0 saturated carbocycles. The Kier molecular flexibility index (Phi) is 7.16. The molecule has 2 unspecified atom stereocenters. The van der Waals surface area contributed by atoms with Crippen LogP contribution in [0.15, 0.2) is 53.4 Å². The number of benzene rings is 2. The minimum Gasteiger partial charge on any atom is -0.345 e. The van der Waals surface area contributed by atoms with Gasteiger partial charge in [-0.3, -0.25) is 4.79 Å². The summed E-state index contributed by atoms with van der Waals surface area (Å²) >= 11 is 0. The van der Waals surface area contributed by atoms with E-state index in [1.807, 2.05) is 37.3 Å². The van der Waals surface area contributed by atoms with Crippen molar-refractivity contribution in [1.29, 1.82) is 0 Å². The molecule has 2 aromatic carbocycles. The van der Waals surface area contributed by atoms with Crippen LogP contribution in [0.1, 0.15) is 36.6 Å². The summed E-state index contributed by atoms with van der Waals surface area (Å²) in [7, 11) is -1.52. The summed E-state index contributed by atoms with van der Waals surface area (Å²) in [6, 6.07) is 14.4. The molecule has 0 aliphatic carbocycles. The number of hydrogen-bond donors (Lipinski definition) is 2. The Labute approximate surface area is 162 Å². The molecular weight excluding hydrogens is 360 g/mol. The molecule has 146 valence electrons. The van der Waals surface area contributed by atoms with Gasteiger partial charge in [-0.25, -0.2) is 8.42 Å². The summed E-state index contributed by atoms with van der Waals surface area (Å²) in [6.45, 7) is 4.51. The van der Waals surface area contributed by atoms with Crippen LogP contribution >= 0.6 is 0 Å². The summed E-state index contributed by atoms with van der Waals surface area (Å²) in [5.74, 6) is -0.288. The second-order valence-corrected chi connectivity index (χ2v) is 8.86. The third kappa shape index (κ3) is 5.65. The van der Waals surface area contributed by atoms with Crippen molar-refractivity contribution in [2.24, 2.45) is 5.92 Å². The first-order valence-corrected chi connectivity index (χ1v) is 11.0. The number of aryl methyl sites for hydroxylation is 1. The number of rotatable bonds is 8. The lowest BCUT2D eigenvalue weighted by molar-refractivity contribution is -0.124. The van der Waals surface area contributed by atoms with Gasteiger partial charge in [-0.15, -0.1) is 0 Å². The second kappa shape index (κ2) is 9.15. The monoisotopic (exact) mass is 388 g/mol. The Morgan fingerprint density at radius 3 is 2.30 bits per heavy atom. The van der Waals surface area contributed by atoms with E-state index in [1.54, 1.807) is 25.2 Å². The van der Waals surface area contributed by atoms with Crippen molar-refractivity contribution in [3.05, 3.63) is 65.2 Å². The summed E-state index contributed by atoms with van der Waals surface area (Å²) in [6.07, 6.45) is 2.12. The average molecular weight is 389 g/mol. The molecule has 0 aliphatic heterocycles. The Hall–Kier alpha value is -2.18. The van der Waals surface area contributed by atoms with Crippen LogP contribution in [0.4, 0.5) is 0 Å². The van der Waals surface area contributed by atoms with Crippen molar-refractivity contribution in [3.8, 4) is 0 Å². The van der Waals surface area contributed by atoms with E-state index in [-0.39, 0.29) is 16.7 Å². The molecular formula is C21H28N2O3S. The van der Waals surface area contributed by atoms with Crippen LogP contribution in [0.3, 0.4) is 0 Å². The maximum absolute atomic E-state index is 12.6. The number of carbonyl (C=O) groups is 1. The molecule has 2 rings (SSSR count). The lowest BCUT2D eigenvalue weighted by atomic mass is 9.96. The summed E-state index contributed by atoms with van der Waals surface area (Å²) in [5, 5.41) is 6.08. The van der Waals surface area contributed by atoms with Crippen LogP contribution in [0.2, 0.25) is 0 Å². The quantitative estimate of drug-likeness (QED) is 0.729. The molecule has 0 spiro atoms. The summed E-state index contributed by atoms with van der Waals surface area (Å²) in [5.41, 5.74) is 2.87. The van der Waals surface area contributed by atoms with Crippen molar-refractivity contribution in [2.75, 3.05) is 19.8 Å². The van der Waals surface area contributed by atoms with E-state index in [0.717, 1.165) is 17.5 Å². The molecule has 6 heteroatoms. The molecule has 1 amide bonds. The largest absolute Gasteiger partial charge is 0.345 e. The van der Waals surface area contributed by atoms with Gasteiger partial charge in [0.05, 0.1) is 10.9 Å². The zero-order chi connectivity index (χ0) is 20.0. The van der Waals surface area contributed by atoms with Crippen molar-refractivity contribution in [3.63, 3.8) is 0 Å². The van der Waals surface area contributed by atoms with E-state index in [1.165, 1.54) is 11.8 Å². The first-order valence-electron chi connectivity index (χ1n) is 9.10.